The molecule has 2 rings (SSSR count). The molecule has 0 aliphatic carbocycles. The Kier molecular flexibility index (Phi) is 6.66. The van der Waals surface area contributed by atoms with Crippen LogP contribution in [0.5, 0.6) is 0 Å². The highest BCUT2D eigenvalue weighted by Crippen LogP contribution is 2.21. The molecule has 0 aromatic carbocycles. The molecule has 1 aliphatic heterocycles. The molecule has 5 heteroatoms. The SMILES string of the molecule is C=CCN(CC=C)C(=O)NCc1cccnc1N1CCCCC1. The van der Waals surface area contributed by atoms with Crippen molar-refractivity contribution < 1.29 is 4.79 Å². The Morgan fingerprint density at radius 2 is 1.96 bits per heavy atom. The topological polar surface area (TPSA) is 48.5 Å². The van der Waals surface area contributed by atoms with Crippen molar-refractivity contribution in [3.63, 3.8) is 0 Å². The summed E-state index contributed by atoms with van der Waals surface area (Å²) in [5.41, 5.74) is 1.06. The molecule has 0 bridgehead atoms. The second kappa shape index (κ2) is 8.98. The molecule has 2 amide bonds. The smallest absolute Gasteiger partial charge is 0.318 e. The van der Waals surface area contributed by atoms with Crippen LogP contribution in [0.3, 0.4) is 0 Å². The summed E-state index contributed by atoms with van der Waals surface area (Å²) in [5, 5.41) is 2.97. The maximum Gasteiger partial charge on any atom is 0.318 e. The highest BCUT2D eigenvalue weighted by molar-refractivity contribution is 5.74. The third-order valence-electron chi connectivity index (χ3n) is 3.94. The lowest BCUT2D eigenvalue weighted by Crippen LogP contribution is -2.40. The molecule has 1 saturated heterocycles. The Hall–Kier alpha value is -2.30. The van der Waals surface area contributed by atoms with Crippen molar-refractivity contribution in [3.05, 3.63) is 49.2 Å². The number of aromatic nitrogens is 1. The van der Waals surface area contributed by atoms with E-state index in [1.54, 1.807) is 17.1 Å². The van der Waals surface area contributed by atoms with Gasteiger partial charge in [0.2, 0.25) is 0 Å². The van der Waals surface area contributed by atoms with Crippen LogP contribution in [-0.4, -0.2) is 42.1 Å². The Morgan fingerprint density at radius 3 is 2.61 bits per heavy atom. The number of anilines is 1. The van der Waals surface area contributed by atoms with Gasteiger partial charge in [0.25, 0.3) is 0 Å². The molecule has 1 aromatic heterocycles. The van der Waals surface area contributed by atoms with Gasteiger partial charge in [0.1, 0.15) is 5.82 Å². The number of pyridine rings is 1. The van der Waals surface area contributed by atoms with Crippen LogP contribution in [0, 0.1) is 0 Å². The van der Waals surface area contributed by atoms with Crippen LogP contribution < -0.4 is 10.2 Å². The second-order valence-corrected chi connectivity index (χ2v) is 5.67. The Bertz CT molecular complexity index is 528. The molecular weight excluding hydrogens is 288 g/mol. The van der Waals surface area contributed by atoms with Crippen molar-refractivity contribution in [2.45, 2.75) is 25.8 Å². The monoisotopic (exact) mass is 314 g/mol. The van der Waals surface area contributed by atoms with Crippen molar-refractivity contribution in [2.24, 2.45) is 0 Å². The number of nitrogens with one attached hydrogen (secondary N) is 1. The van der Waals surface area contributed by atoms with Crippen molar-refractivity contribution in [1.29, 1.82) is 0 Å². The van der Waals surface area contributed by atoms with E-state index in [4.69, 9.17) is 0 Å². The first-order chi connectivity index (χ1) is 11.3. The summed E-state index contributed by atoms with van der Waals surface area (Å²) in [7, 11) is 0. The van der Waals surface area contributed by atoms with Gasteiger partial charge in [-0.2, -0.15) is 0 Å². The van der Waals surface area contributed by atoms with Crippen molar-refractivity contribution in [2.75, 3.05) is 31.1 Å². The first-order valence-corrected chi connectivity index (χ1v) is 8.19. The van der Waals surface area contributed by atoms with Gasteiger partial charge in [-0.05, 0) is 25.3 Å². The van der Waals surface area contributed by atoms with Gasteiger partial charge < -0.3 is 15.1 Å². The fraction of sp³-hybridized carbons (Fsp3) is 0.444. The minimum Gasteiger partial charge on any atom is -0.356 e. The lowest BCUT2D eigenvalue weighted by molar-refractivity contribution is 0.208. The third kappa shape index (κ3) is 4.84. The summed E-state index contributed by atoms with van der Waals surface area (Å²) in [6.45, 7) is 10.9. The van der Waals surface area contributed by atoms with Crippen LogP contribution in [0.2, 0.25) is 0 Å². The van der Waals surface area contributed by atoms with Crippen LogP contribution in [0.25, 0.3) is 0 Å². The van der Waals surface area contributed by atoms with Gasteiger partial charge in [0.05, 0.1) is 0 Å². The average Bonchev–Trinajstić information content (AvgIpc) is 2.60. The number of carbonyl (C=O) groups excluding carboxylic acids is 1. The van der Waals surface area contributed by atoms with E-state index in [9.17, 15) is 4.79 Å². The van der Waals surface area contributed by atoms with E-state index >= 15 is 0 Å². The van der Waals surface area contributed by atoms with E-state index < -0.39 is 0 Å². The molecule has 1 N–H and O–H groups in total. The van der Waals surface area contributed by atoms with Crippen LogP contribution >= 0.6 is 0 Å². The lowest BCUT2D eigenvalue weighted by Gasteiger charge is -2.29. The molecule has 5 nitrogen and oxygen atoms in total. The molecular formula is C18H26N4O. The van der Waals surface area contributed by atoms with Gasteiger partial charge >= 0.3 is 6.03 Å². The number of hydrogen-bond acceptors (Lipinski definition) is 3. The van der Waals surface area contributed by atoms with Gasteiger partial charge in [0, 0.05) is 44.5 Å². The van der Waals surface area contributed by atoms with Crippen LogP contribution in [-0.2, 0) is 6.54 Å². The molecule has 0 unspecified atom stereocenters. The first-order valence-electron chi connectivity index (χ1n) is 8.19. The zero-order chi connectivity index (χ0) is 16.5. The van der Waals surface area contributed by atoms with Crippen molar-refractivity contribution in [1.82, 2.24) is 15.2 Å². The molecule has 23 heavy (non-hydrogen) atoms. The predicted octanol–water partition coefficient (Wildman–Crippen LogP) is 2.96. The lowest BCUT2D eigenvalue weighted by atomic mass is 10.1. The summed E-state index contributed by atoms with van der Waals surface area (Å²) in [4.78, 5) is 20.8. The van der Waals surface area contributed by atoms with Gasteiger partial charge in [-0.3, -0.25) is 0 Å². The molecule has 0 atom stereocenters. The van der Waals surface area contributed by atoms with Gasteiger partial charge in [-0.1, -0.05) is 18.2 Å². The molecule has 0 radical (unpaired) electrons. The zero-order valence-electron chi connectivity index (χ0n) is 13.7. The maximum absolute atomic E-state index is 12.3. The fourth-order valence-corrected chi connectivity index (χ4v) is 2.79. The summed E-state index contributed by atoms with van der Waals surface area (Å²) in [6, 6.07) is 3.83. The molecule has 1 aliphatic rings. The number of rotatable bonds is 7. The van der Waals surface area contributed by atoms with E-state index in [1.165, 1.54) is 19.3 Å². The maximum atomic E-state index is 12.3. The Morgan fingerprint density at radius 1 is 1.26 bits per heavy atom. The molecule has 1 aromatic rings. The highest BCUT2D eigenvalue weighted by atomic mass is 16.2. The summed E-state index contributed by atoms with van der Waals surface area (Å²) in [6.07, 6.45) is 8.94. The minimum absolute atomic E-state index is 0.113. The first kappa shape index (κ1) is 17.1. The number of nitrogens with zero attached hydrogens (tertiary/aromatic N) is 3. The quantitative estimate of drug-likeness (QED) is 0.787. The number of piperidine rings is 1. The zero-order valence-corrected chi connectivity index (χ0v) is 13.7. The van der Waals surface area contributed by atoms with Crippen LogP contribution in [0.15, 0.2) is 43.6 Å². The molecule has 2 heterocycles. The molecule has 1 fully saturated rings. The van der Waals surface area contributed by atoms with Gasteiger partial charge in [0.15, 0.2) is 0 Å². The summed E-state index contributed by atoms with van der Waals surface area (Å²) >= 11 is 0. The van der Waals surface area contributed by atoms with Gasteiger partial charge in [-0.15, -0.1) is 13.2 Å². The van der Waals surface area contributed by atoms with E-state index in [1.807, 2.05) is 18.3 Å². The average molecular weight is 314 g/mol. The van der Waals surface area contributed by atoms with E-state index in [-0.39, 0.29) is 6.03 Å². The Labute approximate surface area is 138 Å². The number of amides is 2. The number of hydrogen-bond donors (Lipinski definition) is 1. The molecule has 0 spiro atoms. The standard InChI is InChI=1S/C18H26N4O/c1-3-11-22(12-4-2)18(23)20-15-16-9-8-10-19-17(16)21-13-6-5-7-14-21/h3-4,8-10H,1-2,5-7,11-15H2,(H,20,23). The molecule has 124 valence electrons. The Balaban J connectivity index is 2.00. The van der Waals surface area contributed by atoms with E-state index in [0.29, 0.717) is 19.6 Å². The minimum atomic E-state index is -0.113. The van der Waals surface area contributed by atoms with E-state index in [0.717, 1.165) is 24.5 Å². The number of urea groups is 1. The fourth-order valence-electron chi connectivity index (χ4n) is 2.79. The third-order valence-corrected chi connectivity index (χ3v) is 3.94. The van der Waals surface area contributed by atoms with E-state index in [2.05, 4.69) is 28.4 Å². The van der Waals surface area contributed by atoms with Gasteiger partial charge in [-0.25, -0.2) is 9.78 Å². The summed E-state index contributed by atoms with van der Waals surface area (Å²) in [5.74, 6) is 0.992. The van der Waals surface area contributed by atoms with Crippen LogP contribution in [0.1, 0.15) is 24.8 Å². The number of carbonyl (C=O) groups is 1. The predicted molar refractivity (Wildman–Crippen MR) is 94.5 cm³/mol. The second-order valence-electron chi connectivity index (χ2n) is 5.67. The largest absolute Gasteiger partial charge is 0.356 e. The summed E-state index contributed by atoms with van der Waals surface area (Å²) < 4.78 is 0. The van der Waals surface area contributed by atoms with Crippen molar-refractivity contribution >= 4 is 11.8 Å². The highest BCUT2D eigenvalue weighted by Gasteiger charge is 2.16. The van der Waals surface area contributed by atoms with Crippen LogP contribution in [0.4, 0.5) is 10.6 Å². The molecule has 0 saturated carbocycles. The van der Waals surface area contributed by atoms with Crippen molar-refractivity contribution in [3.8, 4) is 0 Å². The normalized spacial score (nSPS) is 14.2.